The minimum atomic E-state index is -0.268. The van der Waals surface area contributed by atoms with Gasteiger partial charge in [0.05, 0.1) is 11.1 Å². The number of thioether (sulfide) groups is 1. The second kappa shape index (κ2) is 7.66. The van der Waals surface area contributed by atoms with Crippen molar-refractivity contribution in [2.75, 3.05) is 11.4 Å². The van der Waals surface area contributed by atoms with Crippen LogP contribution >= 0.6 is 23.4 Å². The fourth-order valence-electron chi connectivity index (χ4n) is 3.66. The van der Waals surface area contributed by atoms with Gasteiger partial charge in [0.2, 0.25) is 11.1 Å². The Morgan fingerprint density at radius 2 is 1.94 bits per heavy atom. The lowest BCUT2D eigenvalue weighted by molar-refractivity contribution is -0.132. The van der Waals surface area contributed by atoms with E-state index in [1.54, 1.807) is 22.5 Å². The standard InChI is InChI=1S/C23H20ClN5OS/c1-23(2)14-28(20(23)30)18-8-6-16(7-9-18)19-10-11-25-21-26-22(27-29(19)21)31-13-15-4-3-5-17(24)12-15/h3-12H,13-14H2,1-2H3. The highest BCUT2D eigenvalue weighted by atomic mass is 35.5. The molecular weight excluding hydrogens is 430 g/mol. The molecule has 0 N–H and O–H groups in total. The summed E-state index contributed by atoms with van der Waals surface area (Å²) in [5.74, 6) is 1.43. The van der Waals surface area contributed by atoms with Crippen LogP contribution in [0.4, 0.5) is 5.69 Å². The van der Waals surface area contributed by atoms with E-state index in [9.17, 15) is 4.79 Å². The summed E-state index contributed by atoms with van der Waals surface area (Å²) in [6, 6.07) is 17.6. The number of amides is 1. The van der Waals surface area contributed by atoms with Crippen LogP contribution in [0.3, 0.4) is 0 Å². The minimum absolute atomic E-state index is 0.157. The Bertz CT molecular complexity index is 1280. The number of anilines is 1. The van der Waals surface area contributed by atoms with E-state index in [4.69, 9.17) is 11.6 Å². The Morgan fingerprint density at radius 1 is 1.13 bits per heavy atom. The summed E-state index contributed by atoms with van der Waals surface area (Å²) in [5.41, 5.74) is 3.64. The van der Waals surface area contributed by atoms with Gasteiger partial charge in [0.15, 0.2) is 0 Å². The van der Waals surface area contributed by atoms with E-state index in [2.05, 4.69) is 15.1 Å². The Balaban J connectivity index is 1.38. The van der Waals surface area contributed by atoms with Crippen LogP contribution in [0.5, 0.6) is 0 Å². The molecule has 4 aromatic rings. The molecular formula is C23H20ClN5OS. The molecule has 6 nitrogen and oxygen atoms in total. The SMILES string of the molecule is CC1(C)CN(c2ccc(-c3ccnc4nc(SCc5cccc(Cl)c5)nn34)cc2)C1=O. The number of β-lactam (4-membered cyclic amide) rings is 1. The number of benzene rings is 2. The maximum absolute atomic E-state index is 12.3. The molecule has 1 aliphatic heterocycles. The molecule has 0 saturated carbocycles. The van der Waals surface area contributed by atoms with Gasteiger partial charge in [-0.2, -0.15) is 9.50 Å². The minimum Gasteiger partial charge on any atom is -0.311 e. The summed E-state index contributed by atoms with van der Waals surface area (Å²) in [5, 5.41) is 6.03. The van der Waals surface area contributed by atoms with Gasteiger partial charge in [0, 0.05) is 34.8 Å². The van der Waals surface area contributed by atoms with Gasteiger partial charge in [-0.25, -0.2) is 4.98 Å². The molecule has 0 unspecified atom stereocenters. The molecule has 1 fully saturated rings. The second-order valence-corrected chi connectivity index (χ2v) is 9.56. The molecule has 2 aromatic heterocycles. The van der Waals surface area contributed by atoms with Crippen molar-refractivity contribution in [1.82, 2.24) is 19.6 Å². The van der Waals surface area contributed by atoms with E-state index in [-0.39, 0.29) is 11.3 Å². The first-order chi connectivity index (χ1) is 14.9. The first-order valence-electron chi connectivity index (χ1n) is 9.92. The lowest BCUT2D eigenvalue weighted by Gasteiger charge is -2.44. The number of hydrogen-bond acceptors (Lipinski definition) is 5. The van der Waals surface area contributed by atoms with Crippen LogP contribution in [0, 0.1) is 5.41 Å². The third kappa shape index (κ3) is 3.79. The zero-order valence-electron chi connectivity index (χ0n) is 17.1. The molecule has 31 heavy (non-hydrogen) atoms. The predicted molar refractivity (Wildman–Crippen MR) is 123 cm³/mol. The smallest absolute Gasteiger partial charge is 0.253 e. The molecule has 156 valence electrons. The van der Waals surface area contributed by atoms with Crippen LogP contribution in [0.25, 0.3) is 17.0 Å². The van der Waals surface area contributed by atoms with Crippen LogP contribution < -0.4 is 4.90 Å². The van der Waals surface area contributed by atoms with Crippen LogP contribution in [-0.2, 0) is 10.5 Å². The summed E-state index contributed by atoms with van der Waals surface area (Å²) in [7, 11) is 0. The van der Waals surface area contributed by atoms with Gasteiger partial charge in [0.1, 0.15) is 0 Å². The molecule has 0 aliphatic carbocycles. The molecule has 2 aromatic carbocycles. The van der Waals surface area contributed by atoms with Crippen molar-refractivity contribution in [3.63, 3.8) is 0 Å². The number of carbonyl (C=O) groups is 1. The van der Waals surface area contributed by atoms with Gasteiger partial charge in [-0.05, 0) is 49.7 Å². The molecule has 0 atom stereocenters. The van der Waals surface area contributed by atoms with E-state index >= 15 is 0 Å². The molecule has 0 radical (unpaired) electrons. The quantitative estimate of drug-likeness (QED) is 0.313. The monoisotopic (exact) mass is 449 g/mol. The van der Waals surface area contributed by atoms with Crippen molar-refractivity contribution in [1.29, 1.82) is 0 Å². The average Bonchev–Trinajstić information content (AvgIpc) is 3.19. The van der Waals surface area contributed by atoms with Crippen LogP contribution in [0.2, 0.25) is 5.02 Å². The zero-order chi connectivity index (χ0) is 21.6. The number of rotatable bonds is 5. The second-order valence-electron chi connectivity index (χ2n) is 8.18. The van der Waals surface area contributed by atoms with Crippen molar-refractivity contribution in [2.45, 2.75) is 24.8 Å². The summed E-state index contributed by atoms with van der Waals surface area (Å²) < 4.78 is 1.76. The van der Waals surface area contributed by atoms with E-state index in [0.717, 1.165) is 39.8 Å². The van der Waals surface area contributed by atoms with Crippen molar-refractivity contribution < 1.29 is 4.79 Å². The maximum atomic E-state index is 12.3. The van der Waals surface area contributed by atoms with E-state index in [0.29, 0.717) is 10.9 Å². The lowest BCUT2D eigenvalue weighted by Crippen LogP contribution is -2.58. The van der Waals surface area contributed by atoms with Gasteiger partial charge in [0.25, 0.3) is 5.78 Å². The number of carbonyl (C=O) groups excluding carboxylic acids is 1. The van der Waals surface area contributed by atoms with Crippen molar-refractivity contribution in [3.8, 4) is 11.3 Å². The summed E-state index contributed by atoms with van der Waals surface area (Å²) in [6.07, 6.45) is 1.74. The molecule has 1 saturated heterocycles. The first kappa shape index (κ1) is 20.0. The Hall–Kier alpha value is -2.90. The molecule has 3 heterocycles. The zero-order valence-corrected chi connectivity index (χ0v) is 18.7. The topological polar surface area (TPSA) is 63.4 Å². The van der Waals surface area contributed by atoms with Crippen LogP contribution in [0.15, 0.2) is 66.0 Å². The Morgan fingerprint density at radius 3 is 2.65 bits per heavy atom. The normalized spacial score (nSPS) is 15.3. The third-order valence-electron chi connectivity index (χ3n) is 5.33. The van der Waals surface area contributed by atoms with E-state index in [1.807, 2.05) is 73.3 Å². The molecule has 0 spiro atoms. The van der Waals surface area contributed by atoms with Crippen molar-refractivity contribution in [3.05, 3.63) is 71.4 Å². The fraction of sp³-hybridized carbons (Fsp3) is 0.217. The number of nitrogens with zero attached hydrogens (tertiary/aromatic N) is 5. The van der Waals surface area contributed by atoms with Crippen molar-refractivity contribution in [2.24, 2.45) is 5.41 Å². The Kier molecular flexibility index (Phi) is 4.95. The van der Waals surface area contributed by atoms with E-state index < -0.39 is 0 Å². The highest BCUT2D eigenvalue weighted by Gasteiger charge is 2.44. The fourth-order valence-corrected chi connectivity index (χ4v) is 4.63. The molecule has 8 heteroatoms. The highest BCUT2D eigenvalue weighted by Crippen LogP contribution is 2.35. The molecule has 1 amide bonds. The van der Waals surface area contributed by atoms with Crippen LogP contribution in [0.1, 0.15) is 19.4 Å². The molecule has 0 bridgehead atoms. The third-order valence-corrected chi connectivity index (χ3v) is 6.47. The lowest BCUT2D eigenvalue weighted by atomic mass is 9.82. The summed E-state index contributed by atoms with van der Waals surface area (Å²) >= 11 is 7.61. The number of hydrogen-bond donors (Lipinski definition) is 0. The summed E-state index contributed by atoms with van der Waals surface area (Å²) in [6.45, 7) is 4.68. The van der Waals surface area contributed by atoms with Gasteiger partial charge < -0.3 is 4.90 Å². The number of fused-ring (bicyclic) bond motifs is 1. The average molecular weight is 450 g/mol. The van der Waals surface area contributed by atoms with Gasteiger partial charge in [-0.1, -0.05) is 47.6 Å². The predicted octanol–water partition coefficient (Wildman–Crippen LogP) is 5.11. The van der Waals surface area contributed by atoms with Gasteiger partial charge in [-0.15, -0.1) is 5.10 Å². The number of halogens is 1. The maximum Gasteiger partial charge on any atom is 0.253 e. The van der Waals surface area contributed by atoms with Gasteiger partial charge >= 0.3 is 0 Å². The highest BCUT2D eigenvalue weighted by molar-refractivity contribution is 7.98. The van der Waals surface area contributed by atoms with Crippen molar-refractivity contribution >= 4 is 40.7 Å². The summed E-state index contributed by atoms with van der Waals surface area (Å²) in [4.78, 5) is 23.0. The first-order valence-corrected chi connectivity index (χ1v) is 11.3. The Labute approximate surface area is 189 Å². The molecule has 1 aliphatic rings. The number of aromatic nitrogens is 4. The van der Waals surface area contributed by atoms with E-state index in [1.165, 1.54) is 0 Å². The molecule has 5 rings (SSSR count). The van der Waals surface area contributed by atoms with Crippen LogP contribution in [-0.4, -0.2) is 32.0 Å². The largest absolute Gasteiger partial charge is 0.311 e. The van der Waals surface area contributed by atoms with Gasteiger partial charge in [-0.3, -0.25) is 4.79 Å².